The van der Waals surface area contributed by atoms with E-state index in [4.69, 9.17) is 18.9 Å². The maximum absolute atomic E-state index is 16.2. The molecule has 8 saturated carbocycles. The normalized spacial score (nSPS) is 64.7. The Morgan fingerprint density at radius 1 is 0.636 bits per heavy atom. The molecule has 0 aromatic heterocycles. The predicted octanol–water partition coefficient (Wildman–Crippen LogP) is 0.846. The summed E-state index contributed by atoms with van der Waals surface area (Å²) in [5.41, 5.74) is -10.5. The number of aliphatic hydroxyl groups excluding tert-OH is 4. The zero-order chi connectivity index (χ0) is 39.1. The van der Waals surface area contributed by atoms with Crippen molar-refractivity contribution in [1.82, 2.24) is 0 Å². The first-order valence-electron chi connectivity index (χ1n) is 20.4. The molecule has 0 radical (unpaired) electrons. The highest BCUT2D eigenvalue weighted by Crippen LogP contribution is 2.87. The van der Waals surface area contributed by atoms with Gasteiger partial charge >= 0.3 is 0 Å². The minimum atomic E-state index is -2.44. The largest absolute Gasteiger partial charge is 0.391 e. The molecule has 8 bridgehead atoms. The molecule has 14 aliphatic rings. The van der Waals surface area contributed by atoms with Crippen LogP contribution in [0.5, 0.6) is 0 Å². The molecule has 298 valence electrons. The maximum atomic E-state index is 16.2. The summed E-state index contributed by atoms with van der Waals surface area (Å²) in [6.07, 6.45) is -3.41. The molecule has 0 unspecified atom stereocenters. The lowest BCUT2D eigenvalue weighted by atomic mass is 9.33. The van der Waals surface area contributed by atoms with Crippen LogP contribution in [0.1, 0.15) is 79.1 Å². The molecular weight excluding hydrogens is 712 g/mol. The number of ether oxygens (including phenoxy) is 4. The number of carbonyl (C=O) groups is 3. The first-order chi connectivity index (χ1) is 25.6. The molecule has 6 aliphatic heterocycles. The molecule has 0 aromatic carbocycles. The molecule has 5 spiro atoms. The molecule has 6 N–H and O–H groups in total. The van der Waals surface area contributed by atoms with Gasteiger partial charge in [-0.15, -0.1) is 0 Å². The highest BCUT2D eigenvalue weighted by Gasteiger charge is 2.99. The molecule has 13 heteroatoms. The van der Waals surface area contributed by atoms with Crippen LogP contribution in [-0.4, -0.2) is 114 Å². The minimum Gasteiger partial charge on any atom is -0.391 e. The molecule has 0 amide bonds. The first kappa shape index (κ1) is 35.1. The summed E-state index contributed by atoms with van der Waals surface area (Å²) < 4.78 is 27.2. The van der Waals surface area contributed by atoms with Crippen molar-refractivity contribution in [3.8, 4) is 0 Å². The van der Waals surface area contributed by atoms with Gasteiger partial charge in [-0.2, -0.15) is 0 Å². The third-order valence-electron chi connectivity index (χ3n) is 19.4. The number of hydrogen-bond acceptors (Lipinski definition) is 13. The van der Waals surface area contributed by atoms with E-state index in [0.717, 1.165) is 0 Å². The molecule has 14 rings (SSSR count). The van der Waals surface area contributed by atoms with Gasteiger partial charge in [-0.25, -0.2) is 0 Å². The standard InChI is InChI=1S/C42H52O13/c1-17-19-7-9-21-36-15-52-40(50,38(21,25(17)43)27(19)45)29(47)23(36)32(3,4)13-34(31(36)49)11-12-35-14-33(5,6)24-30(48)41(51)39-22(10-8-20(28(39)46)18(2)26(39)44)37(24,16-53-41)42(35,54-34)55-35/h19-24,27-30,45-48,50-51H,1-2,7-16H2,3-6H3/t19-,20-,21-,22-,23+,24+,27+,28+,29-,30-,34+,35-,36-,37-,38-,39-,40-,41-,42-/m0/s1. The van der Waals surface area contributed by atoms with Crippen molar-refractivity contribution in [1.29, 1.82) is 0 Å². The molecule has 8 aliphatic carbocycles. The molecule has 6 saturated heterocycles. The van der Waals surface area contributed by atoms with Gasteiger partial charge in [0.2, 0.25) is 17.4 Å². The zero-order valence-corrected chi connectivity index (χ0v) is 31.8. The van der Waals surface area contributed by atoms with Crippen molar-refractivity contribution in [3.05, 3.63) is 24.3 Å². The summed E-state index contributed by atoms with van der Waals surface area (Å²) in [7, 11) is 0. The molecule has 0 aromatic rings. The van der Waals surface area contributed by atoms with Crippen LogP contribution in [0.3, 0.4) is 0 Å². The van der Waals surface area contributed by atoms with Crippen molar-refractivity contribution < 1.29 is 64.0 Å². The van der Waals surface area contributed by atoms with Gasteiger partial charge in [0, 0.05) is 23.7 Å². The fourth-order valence-electron chi connectivity index (χ4n) is 18.2. The topological polar surface area (TPSA) is 213 Å². The fraction of sp³-hybridized carbons (Fsp3) is 0.833. The van der Waals surface area contributed by atoms with Crippen molar-refractivity contribution in [2.75, 3.05) is 13.2 Å². The lowest BCUT2D eigenvalue weighted by molar-refractivity contribution is -0.474. The highest BCUT2D eigenvalue weighted by atomic mass is 16.8. The van der Waals surface area contributed by atoms with Gasteiger partial charge in [0.15, 0.2) is 17.3 Å². The van der Waals surface area contributed by atoms with Gasteiger partial charge in [0.25, 0.3) is 0 Å². The van der Waals surface area contributed by atoms with E-state index in [1.807, 2.05) is 27.7 Å². The maximum Gasteiger partial charge on any atom is 0.208 e. The summed E-state index contributed by atoms with van der Waals surface area (Å²) in [4.78, 5) is 45.1. The number of epoxide rings is 1. The molecule has 19 atom stereocenters. The van der Waals surface area contributed by atoms with Crippen molar-refractivity contribution in [3.63, 3.8) is 0 Å². The van der Waals surface area contributed by atoms with Crippen LogP contribution in [0.2, 0.25) is 0 Å². The highest BCUT2D eigenvalue weighted by molar-refractivity contribution is 6.07. The monoisotopic (exact) mass is 764 g/mol. The average molecular weight is 765 g/mol. The number of Topliss-reactive ketones (excluding diaryl/α,β-unsaturated/α-hetero) is 3. The third kappa shape index (κ3) is 2.82. The van der Waals surface area contributed by atoms with E-state index in [1.165, 1.54) is 0 Å². The molecule has 6 heterocycles. The van der Waals surface area contributed by atoms with Gasteiger partial charge < -0.3 is 49.6 Å². The van der Waals surface area contributed by atoms with Crippen molar-refractivity contribution >= 4 is 17.3 Å². The second-order valence-corrected chi connectivity index (χ2v) is 21.7. The number of hydrogen-bond donors (Lipinski definition) is 6. The Balaban J connectivity index is 1.06. The Kier molecular flexibility index (Phi) is 5.72. The quantitative estimate of drug-likeness (QED) is 0.149. The van der Waals surface area contributed by atoms with Gasteiger partial charge in [0.05, 0.1) is 36.3 Å². The van der Waals surface area contributed by atoms with E-state index in [-0.39, 0.29) is 43.0 Å². The third-order valence-corrected chi connectivity index (χ3v) is 19.4. The summed E-state index contributed by atoms with van der Waals surface area (Å²) in [6.45, 7) is 15.6. The Morgan fingerprint density at radius 2 is 1.16 bits per heavy atom. The average Bonchev–Trinajstić information content (AvgIpc) is 3.75. The van der Waals surface area contributed by atoms with Crippen LogP contribution in [0.25, 0.3) is 0 Å². The van der Waals surface area contributed by atoms with E-state index in [1.54, 1.807) is 0 Å². The van der Waals surface area contributed by atoms with Crippen LogP contribution >= 0.6 is 0 Å². The van der Waals surface area contributed by atoms with Gasteiger partial charge in [-0.3, -0.25) is 14.4 Å². The van der Waals surface area contributed by atoms with E-state index >= 15 is 4.79 Å². The van der Waals surface area contributed by atoms with Crippen LogP contribution < -0.4 is 0 Å². The Labute approximate surface area is 318 Å². The van der Waals surface area contributed by atoms with Crippen LogP contribution in [-0.2, 0) is 33.3 Å². The Morgan fingerprint density at radius 3 is 1.78 bits per heavy atom. The lowest BCUT2D eigenvalue weighted by Gasteiger charge is -2.76. The smallest absolute Gasteiger partial charge is 0.208 e. The SMILES string of the molecule is C=C1C(=O)[C@]23[C@H](O)[C@H]1CC[C@H]2[C@@]12CO[C@@]3(O)[C@@H](O)[C@@H]1C(C)(C)C[C@]1(CC[C@]34CC(C)(C)[C@H]5[C@H](O)[C@]6(O)OC[C@@]5([C@@H]5CC[C@H]7C(=C)C(=O)[C@]56[C@@H]7O)[C@@]3(O1)O4)C2=O. The first-order valence-corrected chi connectivity index (χ1v) is 20.4. The van der Waals surface area contributed by atoms with Crippen molar-refractivity contribution in [2.24, 2.45) is 68.0 Å². The zero-order valence-electron chi connectivity index (χ0n) is 31.8. The fourth-order valence-corrected chi connectivity index (χ4v) is 18.2. The second kappa shape index (κ2) is 8.97. The Bertz CT molecular complexity index is 2010. The van der Waals surface area contributed by atoms with Crippen LogP contribution in [0.4, 0.5) is 0 Å². The van der Waals surface area contributed by atoms with Crippen LogP contribution in [0, 0.1) is 68.0 Å². The summed E-state index contributed by atoms with van der Waals surface area (Å²) in [6, 6.07) is 0. The van der Waals surface area contributed by atoms with Crippen LogP contribution in [0.15, 0.2) is 24.3 Å². The number of fused-ring (bicyclic) bond motifs is 4. The second-order valence-electron chi connectivity index (χ2n) is 21.7. The van der Waals surface area contributed by atoms with Gasteiger partial charge in [-0.1, -0.05) is 40.9 Å². The summed E-state index contributed by atoms with van der Waals surface area (Å²) in [5.74, 6) is -12.4. The summed E-state index contributed by atoms with van der Waals surface area (Å²) in [5, 5.41) is 73.8. The number of carbonyl (C=O) groups excluding carboxylic acids is 3. The molecule has 55 heavy (non-hydrogen) atoms. The van der Waals surface area contributed by atoms with E-state index < -0.39 is 133 Å². The molecular formula is C42H52O13. The number of ketones is 3. The van der Waals surface area contributed by atoms with E-state index in [0.29, 0.717) is 38.5 Å². The number of aliphatic hydroxyl groups is 6. The number of rotatable bonds is 0. The Hall–Kier alpha value is -1.91. The van der Waals surface area contributed by atoms with Gasteiger partial charge in [0.1, 0.15) is 34.2 Å². The van der Waals surface area contributed by atoms with Crippen molar-refractivity contribution in [2.45, 2.75) is 132 Å². The molecule has 13 nitrogen and oxygen atoms in total. The van der Waals surface area contributed by atoms with Gasteiger partial charge in [-0.05, 0) is 85.2 Å². The molecule has 14 fully saturated rings. The van der Waals surface area contributed by atoms with E-state index in [9.17, 15) is 40.2 Å². The lowest BCUT2D eigenvalue weighted by Crippen LogP contribution is -2.89. The minimum absolute atomic E-state index is 0.124. The summed E-state index contributed by atoms with van der Waals surface area (Å²) >= 11 is 0. The van der Waals surface area contributed by atoms with E-state index in [2.05, 4.69) is 13.2 Å². The predicted molar refractivity (Wildman–Crippen MR) is 185 cm³/mol.